The van der Waals surface area contributed by atoms with E-state index in [-0.39, 0.29) is 0 Å². The molecule has 2 rings (SSSR count). The lowest BCUT2D eigenvalue weighted by Gasteiger charge is -2.09. The summed E-state index contributed by atoms with van der Waals surface area (Å²) >= 11 is 0. The van der Waals surface area contributed by atoms with E-state index in [2.05, 4.69) is 41.6 Å². The number of nitrogens with one attached hydrogen (secondary N) is 1. The Hall–Kier alpha value is -1.97. The van der Waals surface area contributed by atoms with E-state index in [4.69, 9.17) is 4.74 Å². The average molecular weight is 259 g/mol. The first-order valence-corrected chi connectivity index (χ1v) is 6.55. The van der Waals surface area contributed by atoms with Gasteiger partial charge in [0, 0.05) is 19.3 Å². The molecule has 0 atom stereocenters. The fourth-order valence-electron chi connectivity index (χ4n) is 2.23. The summed E-state index contributed by atoms with van der Waals surface area (Å²) < 4.78 is 7.16. The summed E-state index contributed by atoms with van der Waals surface area (Å²) in [6.45, 7) is 4.88. The van der Waals surface area contributed by atoms with Crippen molar-refractivity contribution in [1.82, 2.24) is 9.78 Å². The normalized spacial score (nSPS) is 10.5. The first-order valence-electron chi connectivity index (χ1n) is 6.55. The van der Waals surface area contributed by atoms with Crippen LogP contribution in [0.2, 0.25) is 0 Å². The van der Waals surface area contributed by atoms with Crippen LogP contribution in [0.25, 0.3) is 0 Å². The maximum atomic E-state index is 5.39. The standard InChI is InChI=1S/C15H21N3O/c1-5-12-7-6-8-13(9-12)16-10-14-11(2)17-18(3)15(14)19-4/h6-9,16H,5,10H2,1-4H3. The van der Waals surface area contributed by atoms with Gasteiger partial charge >= 0.3 is 0 Å². The van der Waals surface area contributed by atoms with Gasteiger partial charge in [-0.25, -0.2) is 4.68 Å². The third-order valence-corrected chi connectivity index (χ3v) is 3.29. The molecule has 0 bridgehead atoms. The van der Waals surface area contributed by atoms with Crippen LogP contribution >= 0.6 is 0 Å². The van der Waals surface area contributed by atoms with Crippen molar-refractivity contribution in [1.29, 1.82) is 0 Å². The molecule has 0 radical (unpaired) electrons. The summed E-state index contributed by atoms with van der Waals surface area (Å²) in [7, 11) is 3.57. The van der Waals surface area contributed by atoms with Crippen LogP contribution < -0.4 is 10.1 Å². The summed E-state index contributed by atoms with van der Waals surface area (Å²) in [4.78, 5) is 0. The van der Waals surface area contributed by atoms with E-state index in [1.54, 1.807) is 11.8 Å². The molecule has 2 aromatic rings. The Balaban J connectivity index is 2.14. The monoisotopic (exact) mass is 259 g/mol. The molecule has 0 aliphatic heterocycles. The number of hydrogen-bond acceptors (Lipinski definition) is 3. The van der Waals surface area contributed by atoms with Gasteiger partial charge in [-0.15, -0.1) is 0 Å². The Morgan fingerprint density at radius 2 is 2.16 bits per heavy atom. The van der Waals surface area contributed by atoms with Crippen molar-refractivity contribution in [3.63, 3.8) is 0 Å². The fourth-order valence-corrected chi connectivity index (χ4v) is 2.23. The molecule has 102 valence electrons. The van der Waals surface area contributed by atoms with Gasteiger partial charge in [0.2, 0.25) is 5.88 Å². The fraction of sp³-hybridized carbons (Fsp3) is 0.400. The van der Waals surface area contributed by atoms with Crippen LogP contribution in [0, 0.1) is 6.92 Å². The van der Waals surface area contributed by atoms with E-state index < -0.39 is 0 Å². The van der Waals surface area contributed by atoms with Crippen LogP contribution in [0.15, 0.2) is 24.3 Å². The van der Waals surface area contributed by atoms with E-state index >= 15 is 0 Å². The second-order valence-corrected chi connectivity index (χ2v) is 4.60. The summed E-state index contributed by atoms with van der Waals surface area (Å²) in [5.74, 6) is 0.816. The topological polar surface area (TPSA) is 39.1 Å². The highest BCUT2D eigenvalue weighted by atomic mass is 16.5. The molecule has 19 heavy (non-hydrogen) atoms. The molecule has 0 aliphatic carbocycles. The minimum absolute atomic E-state index is 0.718. The van der Waals surface area contributed by atoms with Crippen molar-refractivity contribution in [2.75, 3.05) is 12.4 Å². The molecule has 1 N–H and O–H groups in total. The number of rotatable bonds is 5. The van der Waals surface area contributed by atoms with Crippen molar-refractivity contribution in [3.8, 4) is 5.88 Å². The third-order valence-electron chi connectivity index (χ3n) is 3.29. The minimum Gasteiger partial charge on any atom is -0.481 e. The number of anilines is 1. The Bertz CT molecular complexity index is 561. The molecule has 4 nitrogen and oxygen atoms in total. The zero-order chi connectivity index (χ0) is 13.8. The Morgan fingerprint density at radius 3 is 2.84 bits per heavy atom. The summed E-state index contributed by atoms with van der Waals surface area (Å²) in [5, 5.41) is 7.81. The minimum atomic E-state index is 0.718. The Labute approximate surface area is 114 Å². The third kappa shape index (κ3) is 2.89. The maximum absolute atomic E-state index is 5.39. The largest absolute Gasteiger partial charge is 0.481 e. The van der Waals surface area contributed by atoms with E-state index in [0.717, 1.165) is 35.8 Å². The summed E-state index contributed by atoms with van der Waals surface area (Å²) in [6, 6.07) is 8.48. The van der Waals surface area contributed by atoms with Gasteiger partial charge < -0.3 is 10.1 Å². The van der Waals surface area contributed by atoms with Gasteiger partial charge in [-0.3, -0.25) is 0 Å². The number of nitrogens with zero attached hydrogens (tertiary/aromatic N) is 2. The van der Waals surface area contributed by atoms with Crippen LogP contribution in [0.3, 0.4) is 0 Å². The smallest absolute Gasteiger partial charge is 0.216 e. The lowest BCUT2D eigenvalue weighted by molar-refractivity contribution is 0.370. The highest BCUT2D eigenvalue weighted by Gasteiger charge is 2.13. The van der Waals surface area contributed by atoms with Gasteiger partial charge in [-0.2, -0.15) is 5.10 Å². The van der Waals surface area contributed by atoms with Gasteiger partial charge in [0.15, 0.2) is 0 Å². The molecule has 4 heteroatoms. The highest BCUT2D eigenvalue weighted by Crippen LogP contribution is 2.22. The molecular weight excluding hydrogens is 238 g/mol. The predicted octanol–water partition coefficient (Wildman–Crippen LogP) is 2.91. The van der Waals surface area contributed by atoms with Gasteiger partial charge in [0.1, 0.15) is 0 Å². The van der Waals surface area contributed by atoms with Crippen molar-refractivity contribution < 1.29 is 4.74 Å². The van der Waals surface area contributed by atoms with E-state index in [0.29, 0.717) is 0 Å². The van der Waals surface area contributed by atoms with E-state index in [1.807, 2.05) is 14.0 Å². The Kier molecular flexibility index (Phi) is 4.10. The number of methoxy groups -OCH3 is 1. The molecule has 0 saturated heterocycles. The molecule has 0 spiro atoms. The van der Waals surface area contributed by atoms with Crippen molar-refractivity contribution >= 4 is 5.69 Å². The average Bonchev–Trinajstić information content (AvgIpc) is 2.70. The SMILES string of the molecule is CCc1cccc(NCc2c(C)nn(C)c2OC)c1. The lowest BCUT2D eigenvalue weighted by atomic mass is 10.1. The number of hydrogen-bond donors (Lipinski definition) is 1. The first kappa shape index (κ1) is 13.5. The predicted molar refractivity (Wildman–Crippen MR) is 77.6 cm³/mol. The maximum Gasteiger partial charge on any atom is 0.216 e. The first-order chi connectivity index (χ1) is 9.15. The molecule has 1 aromatic carbocycles. The molecule has 0 saturated carbocycles. The van der Waals surface area contributed by atoms with Gasteiger partial charge in [-0.05, 0) is 31.0 Å². The highest BCUT2D eigenvalue weighted by molar-refractivity contribution is 5.47. The van der Waals surface area contributed by atoms with E-state index in [1.165, 1.54) is 5.56 Å². The summed E-state index contributed by atoms with van der Waals surface area (Å²) in [6.07, 6.45) is 1.05. The van der Waals surface area contributed by atoms with Gasteiger partial charge in [-0.1, -0.05) is 19.1 Å². The molecule has 1 aromatic heterocycles. The number of benzene rings is 1. The molecule has 1 heterocycles. The number of aryl methyl sites for hydroxylation is 3. The molecule has 0 unspecified atom stereocenters. The van der Waals surface area contributed by atoms with Crippen molar-refractivity contribution in [2.45, 2.75) is 26.8 Å². The quantitative estimate of drug-likeness (QED) is 0.897. The Morgan fingerprint density at radius 1 is 1.37 bits per heavy atom. The zero-order valence-electron chi connectivity index (χ0n) is 12.0. The van der Waals surface area contributed by atoms with Crippen LogP contribution in [-0.4, -0.2) is 16.9 Å². The summed E-state index contributed by atoms with van der Waals surface area (Å²) in [5.41, 5.74) is 4.56. The zero-order valence-corrected chi connectivity index (χ0v) is 12.0. The molecule has 0 fully saturated rings. The molecule has 0 amide bonds. The van der Waals surface area contributed by atoms with Gasteiger partial charge in [0.05, 0.1) is 18.4 Å². The molecular formula is C15H21N3O. The van der Waals surface area contributed by atoms with Crippen molar-refractivity contribution in [2.24, 2.45) is 7.05 Å². The van der Waals surface area contributed by atoms with Crippen LogP contribution in [0.5, 0.6) is 5.88 Å². The lowest BCUT2D eigenvalue weighted by Crippen LogP contribution is -2.03. The van der Waals surface area contributed by atoms with E-state index in [9.17, 15) is 0 Å². The van der Waals surface area contributed by atoms with Crippen LogP contribution in [-0.2, 0) is 20.0 Å². The van der Waals surface area contributed by atoms with Gasteiger partial charge in [0.25, 0.3) is 0 Å². The van der Waals surface area contributed by atoms with Crippen LogP contribution in [0.1, 0.15) is 23.7 Å². The molecule has 0 aliphatic rings. The van der Waals surface area contributed by atoms with Crippen molar-refractivity contribution in [3.05, 3.63) is 41.1 Å². The number of ether oxygens (including phenoxy) is 1. The number of aromatic nitrogens is 2. The van der Waals surface area contributed by atoms with Crippen LogP contribution in [0.4, 0.5) is 5.69 Å². The second-order valence-electron chi connectivity index (χ2n) is 4.60. The second kappa shape index (κ2) is 5.78.